The molecule has 1 aliphatic carbocycles. The van der Waals surface area contributed by atoms with E-state index in [9.17, 15) is 0 Å². The second kappa shape index (κ2) is 3.15. The van der Waals surface area contributed by atoms with Gasteiger partial charge in [-0.05, 0) is 19.4 Å². The van der Waals surface area contributed by atoms with Crippen molar-refractivity contribution >= 4 is 11.3 Å². The molecular formula is C9H14N2S. The summed E-state index contributed by atoms with van der Waals surface area (Å²) in [6, 6.07) is 0. The van der Waals surface area contributed by atoms with E-state index in [-0.39, 0.29) is 0 Å². The minimum absolute atomic E-state index is 0.778. The molecular weight excluding hydrogens is 168 g/mol. The lowest BCUT2D eigenvalue weighted by atomic mass is 10.4. The summed E-state index contributed by atoms with van der Waals surface area (Å²) < 4.78 is 0. The molecule has 2 unspecified atom stereocenters. The van der Waals surface area contributed by atoms with Crippen LogP contribution in [0.15, 0.2) is 6.20 Å². The van der Waals surface area contributed by atoms with Crippen LogP contribution in [-0.4, -0.2) is 12.0 Å². The molecule has 1 fully saturated rings. The van der Waals surface area contributed by atoms with Crippen LogP contribution in [0.5, 0.6) is 0 Å². The van der Waals surface area contributed by atoms with Gasteiger partial charge in [-0.2, -0.15) is 0 Å². The van der Waals surface area contributed by atoms with E-state index in [1.54, 1.807) is 0 Å². The molecule has 0 aromatic carbocycles. The second-order valence-corrected chi connectivity index (χ2v) is 4.66. The molecule has 0 saturated heterocycles. The zero-order valence-corrected chi connectivity index (χ0v) is 8.32. The molecule has 0 spiro atoms. The minimum Gasteiger partial charge on any atom is -0.315 e. The van der Waals surface area contributed by atoms with Gasteiger partial charge >= 0.3 is 0 Å². The SMILES string of the molecule is CNCc1cnc(C2CC2C)s1. The van der Waals surface area contributed by atoms with Crippen LogP contribution >= 0.6 is 11.3 Å². The monoisotopic (exact) mass is 182 g/mol. The second-order valence-electron chi connectivity index (χ2n) is 3.51. The van der Waals surface area contributed by atoms with Crippen LogP contribution in [0.4, 0.5) is 0 Å². The lowest BCUT2D eigenvalue weighted by Crippen LogP contribution is -2.02. The quantitative estimate of drug-likeness (QED) is 0.773. The normalized spacial score (nSPS) is 27.5. The van der Waals surface area contributed by atoms with E-state index >= 15 is 0 Å². The van der Waals surface area contributed by atoms with Crippen LogP contribution < -0.4 is 5.32 Å². The van der Waals surface area contributed by atoms with Crippen molar-refractivity contribution in [1.29, 1.82) is 0 Å². The third kappa shape index (κ3) is 1.52. The Morgan fingerprint density at radius 1 is 1.75 bits per heavy atom. The van der Waals surface area contributed by atoms with Crippen LogP contribution in [0, 0.1) is 5.92 Å². The lowest BCUT2D eigenvalue weighted by Gasteiger charge is -1.90. The van der Waals surface area contributed by atoms with E-state index in [1.807, 2.05) is 24.6 Å². The summed E-state index contributed by atoms with van der Waals surface area (Å²) in [6.07, 6.45) is 3.34. The van der Waals surface area contributed by atoms with Gasteiger partial charge in [-0.1, -0.05) is 6.92 Å². The van der Waals surface area contributed by atoms with Crippen molar-refractivity contribution in [2.75, 3.05) is 7.05 Å². The Balaban J connectivity index is 2.04. The summed E-state index contributed by atoms with van der Waals surface area (Å²) in [6.45, 7) is 3.25. The summed E-state index contributed by atoms with van der Waals surface area (Å²) in [5, 5.41) is 4.48. The number of hydrogen-bond acceptors (Lipinski definition) is 3. The van der Waals surface area contributed by atoms with Crippen molar-refractivity contribution in [2.24, 2.45) is 5.92 Å². The highest BCUT2D eigenvalue weighted by molar-refractivity contribution is 7.11. The molecule has 2 rings (SSSR count). The summed E-state index contributed by atoms with van der Waals surface area (Å²) >= 11 is 1.86. The van der Waals surface area contributed by atoms with E-state index < -0.39 is 0 Å². The molecule has 0 amide bonds. The fourth-order valence-electron chi connectivity index (χ4n) is 1.42. The van der Waals surface area contributed by atoms with Crippen molar-refractivity contribution in [3.05, 3.63) is 16.1 Å². The zero-order valence-electron chi connectivity index (χ0n) is 7.50. The molecule has 12 heavy (non-hydrogen) atoms. The first kappa shape index (κ1) is 8.20. The molecule has 1 N–H and O–H groups in total. The maximum absolute atomic E-state index is 4.43. The Hall–Kier alpha value is -0.410. The molecule has 1 saturated carbocycles. The largest absolute Gasteiger partial charge is 0.315 e. The molecule has 1 aromatic heterocycles. The maximum atomic E-state index is 4.43. The smallest absolute Gasteiger partial charge is 0.0961 e. The summed E-state index contributed by atoms with van der Waals surface area (Å²) in [4.78, 5) is 5.78. The molecule has 0 aliphatic heterocycles. The van der Waals surface area contributed by atoms with Crippen LogP contribution in [0.25, 0.3) is 0 Å². The Bertz CT molecular complexity index is 269. The van der Waals surface area contributed by atoms with Gasteiger partial charge in [0, 0.05) is 23.5 Å². The number of nitrogens with zero attached hydrogens (tertiary/aromatic N) is 1. The number of aromatic nitrogens is 1. The van der Waals surface area contributed by atoms with E-state index in [0.29, 0.717) is 0 Å². The summed E-state index contributed by atoms with van der Waals surface area (Å²) in [5.74, 6) is 1.65. The van der Waals surface area contributed by atoms with Crippen molar-refractivity contribution in [3.8, 4) is 0 Å². The first-order valence-electron chi connectivity index (χ1n) is 4.40. The van der Waals surface area contributed by atoms with E-state index in [0.717, 1.165) is 18.4 Å². The number of thiazole rings is 1. The first-order valence-corrected chi connectivity index (χ1v) is 5.22. The van der Waals surface area contributed by atoms with Crippen LogP contribution in [0.3, 0.4) is 0 Å². The Kier molecular flexibility index (Phi) is 2.15. The van der Waals surface area contributed by atoms with Crippen molar-refractivity contribution in [1.82, 2.24) is 10.3 Å². The first-order chi connectivity index (χ1) is 5.81. The number of rotatable bonds is 3. The van der Waals surface area contributed by atoms with Crippen LogP contribution in [-0.2, 0) is 6.54 Å². The van der Waals surface area contributed by atoms with E-state index in [1.165, 1.54) is 16.3 Å². The highest BCUT2D eigenvalue weighted by atomic mass is 32.1. The van der Waals surface area contributed by atoms with Crippen LogP contribution in [0.1, 0.15) is 29.1 Å². The van der Waals surface area contributed by atoms with Gasteiger partial charge < -0.3 is 5.32 Å². The molecule has 1 aliphatic rings. The highest BCUT2D eigenvalue weighted by Crippen LogP contribution is 2.47. The number of nitrogens with one attached hydrogen (secondary N) is 1. The highest BCUT2D eigenvalue weighted by Gasteiger charge is 2.36. The van der Waals surface area contributed by atoms with Crippen molar-refractivity contribution < 1.29 is 0 Å². The molecule has 2 atom stereocenters. The van der Waals surface area contributed by atoms with Gasteiger partial charge in [-0.25, -0.2) is 4.98 Å². The lowest BCUT2D eigenvalue weighted by molar-refractivity contribution is 0.829. The molecule has 2 nitrogen and oxygen atoms in total. The van der Waals surface area contributed by atoms with Gasteiger partial charge in [-0.3, -0.25) is 0 Å². The fraction of sp³-hybridized carbons (Fsp3) is 0.667. The van der Waals surface area contributed by atoms with E-state index in [2.05, 4.69) is 17.2 Å². The molecule has 1 heterocycles. The average Bonchev–Trinajstić information content (AvgIpc) is 2.62. The molecule has 1 aromatic rings. The Morgan fingerprint density at radius 2 is 2.50 bits per heavy atom. The third-order valence-electron chi connectivity index (χ3n) is 2.35. The van der Waals surface area contributed by atoms with Crippen molar-refractivity contribution in [2.45, 2.75) is 25.8 Å². The third-order valence-corrected chi connectivity index (χ3v) is 3.48. The van der Waals surface area contributed by atoms with Gasteiger partial charge in [0.05, 0.1) is 5.01 Å². The summed E-state index contributed by atoms with van der Waals surface area (Å²) in [5.41, 5.74) is 0. The predicted molar refractivity (Wildman–Crippen MR) is 51.4 cm³/mol. The predicted octanol–water partition coefficient (Wildman–Crippen LogP) is 1.99. The van der Waals surface area contributed by atoms with Gasteiger partial charge in [-0.15, -0.1) is 11.3 Å². The van der Waals surface area contributed by atoms with Crippen molar-refractivity contribution in [3.63, 3.8) is 0 Å². The number of hydrogen-bond donors (Lipinski definition) is 1. The Labute approximate surface area is 77.0 Å². The fourth-order valence-corrected chi connectivity index (χ4v) is 2.59. The van der Waals surface area contributed by atoms with Crippen LogP contribution in [0.2, 0.25) is 0 Å². The molecule has 0 radical (unpaired) electrons. The standard InChI is InChI=1S/C9H14N2S/c1-6-3-8(6)9-11-5-7(12-9)4-10-2/h5-6,8,10H,3-4H2,1-2H3. The molecule has 66 valence electrons. The zero-order chi connectivity index (χ0) is 8.55. The van der Waals surface area contributed by atoms with Gasteiger partial charge in [0.2, 0.25) is 0 Å². The van der Waals surface area contributed by atoms with Gasteiger partial charge in [0.1, 0.15) is 0 Å². The maximum Gasteiger partial charge on any atom is 0.0961 e. The minimum atomic E-state index is 0.778. The van der Waals surface area contributed by atoms with Gasteiger partial charge in [0.25, 0.3) is 0 Å². The van der Waals surface area contributed by atoms with E-state index in [4.69, 9.17) is 0 Å². The topological polar surface area (TPSA) is 24.9 Å². The molecule has 3 heteroatoms. The summed E-state index contributed by atoms with van der Waals surface area (Å²) in [7, 11) is 1.97. The van der Waals surface area contributed by atoms with Gasteiger partial charge in [0.15, 0.2) is 0 Å². The molecule has 0 bridgehead atoms. The average molecular weight is 182 g/mol. The Morgan fingerprint density at radius 3 is 3.08 bits per heavy atom.